The third-order valence-corrected chi connectivity index (χ3v) is 1.92. The van der Waals surface area contributed by atoms with Crippen LogP contribution in [-0.4, -0.2) is 0 Å². The molecule has 6 heteroatoms. The number of halogens is 6. The van der Waals surface area contributed by atoms with Crippen molar-refractivity contribution in [1.82, 2.24) is 0 Å². The fraction of sp³-hybridized carbons (Fsp3) is 0.143. The van der Waals surface area contributed by atoms with E-state index in [1.54, 1.807) is 0 Å². The molecule has 0 bridgehead atoms. The molecule has 0 radical (unpaired) electrons. The standard InChI is InChI=1S/C7H2Cl2F4/c8-4-2-5(9)6(10)1-3(4)7(11,12)13/h1-2H. The van der Waals surface area contributed by atoms with E-state index in [4.69, 9.17) is 23.2 Å². The van der Waals surface area contributed by atoms with Gasteiger partial charge < -0.3 is 0 Å². The van der Waals surface area contributed by atoms with Gasteiger partial charge in [0.25, 0.3) is 0 Å². The Morgan fingerprint density at radius 1 is 1.00 bits per heavy atom. The highest BCUT2D eigenvalue weighted by molar-refractivity contribution is 6.35. The SMILES string of the molecule is Fc1cc(C(F)(F)F)c(Cl)cc1Cl. The molecule has 0 saturated heterocycles. The van der Waals surface area contributed by atoms with Crippen LogP contribution >= 0.6 is 23.2 Å². The highest BCUT2D eigenvalue weighted by Crippen LogP contribution is 2.36. The third kappa shape index (κ3) is 2.25. The van der Waals surface area contributed by atoms with Crippen molar-refractivity contribution < 1.29 is 17.6 Å². The van der Waals surface area contributed by atoms with Crippen LogP contribution in [0, 0.1) is 5.82 Å². The molecule has 1 aromatic carbocycles. The average Bonchev–Trinajstić information content (AvgIpc) is 1.94. The van der Waals surface area contributed by atoms with Gasteiger partial charge in [-0.2, -0.15) is 13.2 Å². The van der Waals surface area contributed by atoms with E-state index in [0.29, 0.717) is 0 Å². The van der Waals surface area contributed by atoms with Crippen LogP contribution in [0.1, 0.15) is 5.56 Å². The van der Waals surface area contributed by atoms with Crippen molar-refractivity contribution in [3.05, 3.63) is 33.6 Å². The van der Waals surface area contributed by atoms with E-state index in [-0.39, 0.29) is 6.07 Å². The molecule has 13 heavy (non-hydrogen) atoms. The van der Waals surface area contributed by atoms with Gasteiger partial charge in [-0.1, -0.05) is 23.2 Å². The Kier molecular flexibility index (Phi) is 2.73. The Labute approximate surface area is 81.1 Å². The van der Waals surface area contributed by atoms with Gasteiger partial charge in [-0.3, -0.25) is 0 Å². The summed E-state index contributed by atoms with van der Waals surface area (Å²) < 4.78 is 48.8. The molecular formula is C7H2Cl2F4. The topological polar surface area (TPSA) is 0 Å². The van der Waals surface area contributed by atoms with Crippen molar-refractivity contribution in [2.24, 2.45) is 0 Å². The zero-order chi connectivity index (χ0) is 10.2. The van der Waals surface area contributed by atoms with Crippen LogP contribution in [0.2, 0.25) is 10.0 Å². The third-order valence-electron chi connectivity index (χ3n) is 1.32. The number of benzene rings is 1. The molecule has 0 atom stereocenters. The molecule has 0 amide bonds. The van der Waals surface area contributed by atoms with Gasteiger partial charge in [0, 0.05) is 0 Å². The van der Waals surface area contributed by atoms with E-state index >= 15 is 0 Å². The van der Waals surface area contributed by atoms with Gasteiger partial charge in [0.1, 0.15) is 5.82 Å². The highest BCUT2D eigenvalue weighted by Gasteiger charge is 2.34. The normalized spacial score (nSPS) is 11.8. The Morgan fingerprint density at radius 2 is 1.54 bits per heavy atom. The molecule has 72 valence electrons. The molecule has 0 fully saturated rings. The van der Waals surface area contributed by atoms with E-state index in [9.17, 15) is 17.6 Å². The van der Waals surface area contributed by atoms with E-state index < -0.39 is 27.6 Å². The molecule has 0 nitrogen and oxygen atoms in total. The number of hydrogen-bond acceptors (Lipinski definition) is 0. The summed E-state index contributed by atoms with van der Waals surface area (Å²) in [5, 5.41) is -1.04. The minimum absolute atomic E-state index is 0.269. The van der Waals surface area contributed by atoms with E-state index in [1.807, 2.05) is 0 Å². The molecule has 0 aromatic heterocycles. The monoisotopic (exact) mass is 232 g/mol. The van der Waals surface area contributed by atoms with E-state index in [0.717, 1.165) is 6.07 Å². The largest absolute Gasteiger partial charge is 0.417 e. The summed E-state index contributed by atoms with van der Waals surface area (Å²) in [6, 6.07) is 0.992. The second kappa shape index (κ2) is 3.35. The zero-order valence-corrected chi connectivity index (χ0v) is 7.43. The van der Waals surface area contributed by atoms with Crippen LogP contribution in [-0.2, 0) is 6.18 Å². The van der Waals surface area contributed by atoms with Gasteiger partial charge in [0.2, 0.25) is 0 Å². The maximum atomic E-state index is 12.6. The Balaban J connectivity index is 3.32. The molecule has 0 aliphatic rings. The lowest BCUT2D eigenvalue weighted by molar-refractivity contribution is -0.137. The molecule has 0 unspecified atom stereocenters. The minimum Gasteiger partial charge on any atom is -0.205 e. The Morgan fingerprint density at radius 3 is 2.00 bits per heavy atom. The lowest BCUT2D eigenvalue weighted by Gasteiger charge is -2.08. The first-order chi connectivity index (χ1) is 5.82. The molecule has 0 saturated carbocycles. The number of rotatable bonds is 0. The quantitative estimate of drug-likeness (QED) is 0.466. The van der Waals surface area contributed by atoms with Gasteiger partial charge in [-0.05, 0) is 12.1 Å². The molecule has 0 N–H and O–H groups in total. The van der Waals surface area contributed by atoms with Gasteiger partial charge >= 0.3 is 6.18 Å². The van der Waals surface area contributed by atoms with Crippen LogP contribution in [0.4, 0.5) is 17.6 Å². The molecular weight excluding hydrogens is 231 g/mol. The highest BCUT2D eigenvalue weighted by atomic mass is 35.5. The summed E-state index contributed by atoms with van der Waals surface area (Å²) >= 11 is 10.4. The minimum atomic E-state index is -4.66. The second-order valence-electron chi connectivity index (χ2n) is 2.24. The number of alkyl halides is 3. The predicted molar refractivity (Wildman–Crippen MR) is 41.4 cm³/mol. The molecule has 0 aliphatic heterocycles. The summed E-state index contributed by atoms with van der Waals surface area (Å²) in [5.74, 6) is -1.14. The van der Waals surface area contributed by atoms with Crippen molar-refractivity contribution >= 4 is 23.2 Å². The fourth-order valence-electron chi connectivity index (χ4n) is 0.740. The maximum Gasteiger partial charge on any atom is 0.417 e. The number of hydrogen-bond donors (Lipinski definition) is 0. The molecule has 0 aliphatic carbocycles. The van der Waals surface area contributed by atoms with E-state index in [2.05, 4.69) is 0 Å². The summed E-state index contributed by atoms with van der Waals surface area (Å²) in [5.41, 5.74) is -1.23. The first kappa shape index (κ1) is 10.6. The van der Waals surface area contributed by atoms with E-state index in [1.165, 1.54) is 0 Å². The van der Waals surface area contributed by atoms with Crippen LogP contribution < -0.4 is 0 Å². The molecule has 0 heterocycles. The van der Waals surface area contributed by atoms with Gasteiger partial charge in [-0.15, -0.1) is 0 Å². The summed E-state index contributed by atoms with van der Waals surface area (Å²) in [6.07, 6.45) is -4.66. The van der Waals surface area contributed by atoms with Crippen LogP contribution in [0.3, 0.4) is 0 Å². The van der Waals surface area contributed by atoms with Crippen molar-refractivity contribution in [3.8, 4) is 0 Å². The molecule has 1 aromatic rings. The first-order valence-corrected chi connectivity index (χ1v) is 3.79. The van der Waals surface area contributed by atoms with Gasteiger partial charge in [0.05, 0.1) is 15.6 Å². The summed E-state index contributed by atoms with van der Waals surface area (Å²) in [6.45, 7) is 0. The lowest BCUT2D eigenvalue weighted by Crippen LogP contribution is -2.06. The zero-order valence-electron chi connectivity index (χ0n) is 5.92. The van der Waals surface area contributed by atoms with Crippen molar-refractivity contribution in [2.45, 2.75) is 6.18 Å². The Hall–Kier alpha value is -0.480. The van der Waals surface area contributed by atoms with Gasteiger partial charge in [-0.25, -0.2) is 4.39 Å². The van der Waals surface area contributed by atoms with Crippen molar-refractivity contribution in [3.63, 3.8) is 0 Å². The van der Waals surface area contributed by atoms with Gasteiger partial charge in [0.15, 0.2) is 0 Å². The van der Waals surface area contributed by atoms with Crippen molar-refractivity contribution in [1.29, 1.82) is 0 Å². The summed E-state index contributed by atoms with van der Waals surface area (Å²) in [4.78, 5) is 0. The molecule has 1 rings (SSSR count). The smallest absolute Gasteiger partial charge is 0.205 e. The van der Waals surface area contributed by atoms with Crippen LogP contribution in [0.25, 0.3) is 0 Å². The Bertz CT molecular complexity index is 332. The predicted octanol–water partition coefficient (Wildman–Crippen LogP) is 4.15. The maximum absolute atomic E-state index is 12.6. The lowest BCUT2D eigenvalue weighted by atomic mass is 10.2. The van der Waals surface area contributed by atoms with Crippen LogP contribution in [0.15, 0.2) is 12.1 Å². The van der Waals surface area contributed by atoms with Crippen molar-refractivity contribution in [2.75, 3.05) is 0 Å². The summed E-state index contributed by atoms with van der Waals surface area (Å²) in [7, 11) is 0. The second-order valence-corrected chi connectivity index (χ2v) is 3.06. The van der Waals surface area contributed by atoms with Crippen LogP contribution in [0.5, 0.6) is 0 Å². The average molecular weight is 233 g/mol. The first-order valence-electron chi connectivity index (χ1n) is 3.04. The molecule has 0 spiro atoms. The fourth-order valence-corrected chi connectivity index (χ4v) is 1.23.